The van der Waals surface area contributed by atoms with Crippen LogP contribution < -0.4 is 5.73 Å². The highest BCUT2D eigenvalue weighted by molar-refractivity contribution is 8.01. The molecule has 16 heavy (non-hydrogen) atoms. The van der Waals surface area contributed by atoms with Gasteiger partial charge in [0.15, 0.2) is 5.84 Å². The fourth-order valence-electron chi connectivity index (χ4n) is 1.84. The molecule has 1 unspecified atom stereocenters. The minimum absolute atomic E-state index is 0.0711. The molecule has 0 bridgehead atoms. The van der Waals surface area contributed by atoms with E-state index in [4.69, 9.17) is 10.9 Å². The van der Waals surface area contributed by atoms with Crippen LogP contribution >= 0.6 is 11.8 Å². The molecule has 6 heteroatoms. The van der Waals surface area contributed by atoms with E-state index < -0.39 is 0 Å². The van der Waals surface area contributed by atoms with Crippen molar-refractivity contribution in [1.29, 1.82) is 0 Å². The van der Waals surface area contributed by atoms with Crippen LogP contribution in [0, 0.1) is 0 Å². The molecular formula is C10H19N3O2S. The lowest BCUT2D eigenvalue weighted by Gasteiger charge is -2.29. The molecule has 0 spiro atoms. The smallest absolute Gasteiger partial charge is 0.238 e. The number of nitrogens with two attached hydrogens (primary N) is 1. The maximum atomic E-state index is 12.3. The largest absolute Gasteiger partial charge is 0.409 e. The van der Waals surface area contributed by atoms with Crippen molar-refractivity contribution in [3.63, 3.8) is 0 Å². The van der Waals surface area contributed by atoms with Crippen LogP contribution in [-0.4, -0.2) is 45.4 Å². The second kappa shape index (κ2) is 5.43. The van der Waals surface area contributed by atoms with Gasteiger partial charge in [-0.2, -0.15) is 0 Å². The number of hydrogen-bond acceptors (Lipinski definition) is 4. The van der Waals surface area contributed by atoms with E-state index in [0.29, 0.717) is 6.54 Å². The molecule has 1 amide bonds. The Morgan fingerprint density at radius 1 is 1.69 bits per heavy atom. The van der Waals surface area contributed by atoms with E-state index in [0.717, 1.165) is 18.6 Å². The minimum atomic E-state index is -0.328. The second-order valence-corrected chi connectivity index (χ2v) is 5.69. The summed E-state index contributed by atoms with van der Waals surface area (Å²) < 4.78 is -0.328. The maximum Gasteiger partial charge on any atom is 0.238 e. The summed E-state index contributed by atoms with van der Waals surface area (Å²) >= 11 is 1.70. The highest BCUT2D eigenvalue weighted by Gasteiger charge is 2.39. The summed E-state index contributed by atoms with van der Waals surface area (Å²) in [5, 5.41) is 11.4. The molecule has 1 atom stereocenters. The Morgan fingerprint density at radius 2 is 2.38 bits per heavy atom. The van der Waals surface area contributed by atoms with Gasteiger partial charge in [0, 0.05) is 6.54 Å². The molecule has 0 aromatic heterocycles. The SMILES string of the molecule is CCN(CC(N)=NO)C(=O)C1(C)CCCS1. The van der Waals surface area contributed by atoms with Gasteiger partial charge in [0.25, 0.3) is 0 Å². The van der Waals surface area contributed by atoms with Crippen molar-refractivity contribution < 1.29 is 10.0 Å². The molecule has 1 saturated heterocycles. The number of rotatable bonds is 4. The number of nitrogens with zero attached hydrogens (tertiary/aromatic N) is 2. The van der Waals surface area contributed by atoms with Crippen LogP contribution in [0.2, 0.25) is 0 Å². The van der Waals surface area contributed by atoms with Crippen LogP contribution in [-0.2, 0) is 4.79 Å². The monoisotopic (exact) mass is 245 g/mol. The van der Waals surface area contributed by atoms with Crippen molar-refractivity contribution in [2.24, 2.45) is 10.9 Å². The zero-order valence-electron chi connectivity index (χ0n) is 9.77. The Kier molecular flexibility index (Phi) is 4.46. The zero-order valence-corrected chi connectivity index (χ0v) is 10.6. The highest BCUT2D eigenvalue weighted by Crippen LogP contribution is 2.39. The first-order valence-electron chi connectivity index (χ1n) is 5.43. The third-order valence-corrected chi connectivity index (χ3v) is 4.33. The first kappa shape index (κ1) is 13.2. The van der Waals surface area contributed by atoms with Crippen LogP contribution in [0.3, 0.4) is 0 Å². The summed E-state index contributed by atoms with van der Waals surface area (Å²) in [6, 6.07) is 0. The van der Waals surface area contributed by atoms with Crippen molar-refractivity contribution in [2.45, 2.75) is 31.4 Å². The fraction of sp³-hybridized carbons (Fsp3) is 0.800. The Labute approximate surface area is 100 Å². The Balaban J connectivity index is 2.69. The number of amidine groups is 1. The van der Waals surface area contributed by atoms with Gasteiger partial charge in [0.05, 0.1) is 11.3 Å². The van der Waals surface area contributed by atoms with Gasteiger partial charge in [-0.3, -0.25) is 4.79 Å². The van der Waals surface area contributed by atoms with E-state index in [-0.39, 0.29) is 23.0 Å². The summed E-state index contributed by atoms with van der Waals surface area (Å²) in [6.07, 6.45) is 1.98. The van der Waals surface area contributed by atoms with Crippen molar-refractivity contribution >= 4 is 23.5 Å². The van der Waals surface area contributed by atoms with Crippen LogP contribution in [0.5, 0.6) is 0 Å². The average molecular weight is 245 g/mol. The molecule has 0 aromatic carbocycles. The lowest BCUT2D eigenvalue weighted by molar-refractivity contribution is -0.132. The number of amides is 1. The molecule has 1 aliphatic heterocycles. The molecule has 0 radical (unpaired) electrons. The molecule has 1 rings (SSSR count). The van der Waals surface area contributed by atoms with Crippen molar-refractivity contribution in [2.75, 3.05) is 18.8 Å². The summed E-state index contributed by atoms with van der Waals surface area (Å²) in [5.74, 6) is 1.19. The van der Waals surface area contributed by atoms with Gasteiger partial charge >= 0.3 is 0 Å². The van der Waals surface area contributed by atoms with Gasteiger partial charge in [-0.05, 0) is 32.4 Å². The van der Waals surface area contributed by atoms with Crippen LogP contribution in [0.4, 0.5) is 0 Å². The lowest BCUT2D eigenvalue weighted by Crippen LogP contribution is -2.47. The predicted octanol–water partition coefficient (Wildman–Crippen LogP) is 0.867. The average Bonchev–Trinajstić information content (AvgIpc) is 2.73. The molecule has 1 heterocycles. The van der Waals surface area contributed by atoms with Gasteiger partial charge in [0.2, 0.25) is 5.91 Å². The number of carbonyl (C=O) groups is 1. The van der Waals surface area contributed by atoms with E-state index in [1.165, 1.54) is 0 Å². The van der Waals surface area contributed by atoms with Gasteiger partial charge in [0.1, 0.15) is 0 Å². The zero-order chi connectivity index (χ0) is 12.2. The second-order valence-electron chi connectivity index (χ2n) is 4.09. The number of hydrogen-bond donors (Lipinski definition) is 2. The third-order valence-electron chi connectivity index (χ3n) is 2.82. The Hall–Kier alpha value is -0.910. The molecule has 0 aromatic rings. The third kappa shape index (κ3) is 2.81. The Bertz CT molecular complexity index is 288. The standard InChI is InChI=1S/C10H19N3O2S/c1-3-13(7-8(11)12-15)9(14)10(2)5-4-6-16-10/h15H,3-7H2,1-2H3,(H2,11,12). The van der Waals surface area contributed by atoms with E-state index in [1.807, 2.05) is 13.8 Å². The Morgan fingerprint density at radius 3 is 2.81 bits per heavy atom. The summed E-state index contributed by atoms with van der Waals surface area (Å²) in [5.41, 5.74) is 5.43. The number of oxime groups is 1. The minimum Gasteiger partial charge on any atom is -0.409 e. The molecule has 3 N–H and O–H groups in total. The van der Waals surface area contributed by atoms with E-state index >= 15 is 0 Å². The van der Waals surface area contributed by atoms with Gasteiger partial charge in [-0.25, -0.2) is 0 Å². The van der Waals surface area contributed by atoms with Gasteiger partial charge in [-0.15, -0.1) is 11.8 Å². The predicted molar refractivity (Wildman–Crippen MR) is 65.8 cm³/mol. The van der Waals surface area contributed by atoms with Crippen LogP contribution in [0.15, 0.2) is 5.16 Å². The first-order chi connectivity index (χ1) is 7.53. The van der Waals surface area contributed by atoms with E-state index in [1.54, 1.807) is 16.7 Å². The number of carbonyl (C=O) groups excluding carboxylic acids is 1. The molecular weight excluding hydrogens is 226 g/mol. The van der Waals surface area contributed by atoms with Crippen molar-refractivity contribution in [3.8, 4) is 0 Å². The number of thioether (sulfide) groups is 1. The highest BCUT2D eigenvalue weighted by atomic mass is 32.2. The summed E-state index contributed by atoms with van der Waals surface area (Å²) in [4.78, 5) is 13.9. The van der Waals surface area contributed by atoms with Crippen molar-refractivity contribution in [1.82, 2.24) is 4.90 Å². The maximum absolute atomic E-state index is 12.3. The summed E-state index contributed by atoms with van der Waals surface area (Å²) in [7, 11) is 0. The van der Waals surface area contributed by atoms with Gasteiger partial charge in [-0.1, -0.05) is 5.16 Å². The topological polar surface area (TPSA) is 78.9 Å². The first-order valence-corrected chi connectivity index (χ1v) is 6.42. The molecule has 1 fully saturated rings. The molecule has 0 saturated carbocycles. The normalized spacial score (nSPS) is 25.8. The molecule has 92 valence electrons. The number of likely N-dealkylation sites (N-methyl/N-ethyl adjacent to an activating group) is 1. The fourth-order valence-corrected chi connectivity index (χ4v) is 3.12. The molecule has 1 aliphatic rings. The van der Waals surface area contributed by atoms with Crippen LogP contribution in [0.1, 0.15) is 26.7 Å². The van der Waals surface area contributed by atoms with Crippen molar-refractivity contribution in [3.05, 3.63) is 0 Å². The quantitative estimate of drug-likeness (QED) is 0.333. The van der Waals surface area contributed by atoms with Gasteiger partial charge < -0.3 is 15.8 Å². The lowest BCUT2D eigenvalue weighted by atomic mass is 10.0. The van der Waals surface area contributed by atoms with E-state index in [9.17, 15) is 4.79 Å². The summed E-state index contributed by atoms with van der Waals surface area (Å²) in [6.45, 7) is 4.64. The van der Waals surface area contributed by atoms with E-state index in [2.05, 4.69) is 5.16 Å². The molecule has 5 nitrogen and oxygen atoms in total. The molecule has 0 aliphatic carbocycles. The van der Waals surface area contributed by atoms with Crippen LogP contribution in [0.25, 0.3) is 0 Å².